The Kier molecular flexibility index (Phi) is 7.61. The summed E-state index contributed by atoms with van der Waals surface area (Å²) in [7, 11) is 0. The van der Waals surface area contributed by atoms with Crippen LogP contribution in [0.3, 0.4) is 0 Å². The molecule has 2 rings (SSSR count). The van der Waals surface area contributed by atoms with Gasteiger partial charge in [-0.15, -0.1) is 0 Å². The van der Waals surface area contributed by atoms with Gasteiger partial charge in [-0.05, 0) is 73.4 Å². The molecule has 150 valence electrons. The molecule has 1 amide bonds. The third-order valence-electron chi connectivity index (χ3n) is 4.52. The van der Waals surface area contributed by atoms with E-state index in [2.05, 4.69) is 66.1 Å². The second-order valence-corrected chi connectivity index (χ2v) is 8.83. The van der Waals surface area contributed by atoms with Crippen molar-refractivity contribution in [3.8, 4) is 0 Å². The van der Waals surface area contributed by atoms with Crippen molar-refractivity contribution in [2.45, 2.75) is 40.0 Å². The molecule has 0 aliphatic carbocycles. The van der Waals surface area contributed by atoms with Crippen LogP contribution in [0.15, 0.2) is 46.9 Å². The number of anilines is 2. The highest BCUT2D eigenvalue weighted by Gasteiger charge is 2.18. The first kappa shape index (κ1) is 22.4. The Morgan fingerprint density at radius 1 is 1.07 bits per heavy atom. The quantitative estimate of drug-likeness (QED) is 0.558. The summed E-state index contributed by atoms with van der Waals surface area (Å²) in [6.45, 7) is 12.6. The van der Waals surface area contributed by atoms with Crippen molar-refractivity contribution in [2.75, 3.05) is 23.3 Å². The molecule has 2 aromatic carbocycles. The molecule has 0 saturated heterocycles. The summed E-state index contributed by atoms with van der Waals surface area (Å²) in [6.07, 6.45) is 0. The molecule has 2 aromatic rings. The average molecular weight is 462 g/mol. The second-order valence-electron chi connectivity index (χ2n) is 7.57. The Hall–Kier alpha value is -1.92. The third-order valence-corrected chi connectivity index (χ3v) is 5.38. The van der Waals surface area contributed by atoms with Gasteiger partial charge in [0.1, 0.15) is 0 Å². The van der Waals surface area contributed by atoms with Crippen LogP contribution in [0.5, 0.6) is 0 Å². The number of rotatable bonds is 5. The zero-order valence-corrected chi connectivity index (χ0v) is 19.5. The van der Waals surface area contributed by atoms with Gasteiger partial charge in [0.15, 0.2) is 5.11 Å². The Labute approximate surface area is 181 Å². The average Bonchev–Trinajstić information content (AvgIpc) is 2.62. The van der Waals surface area contributed by atoms with E-state index < -0.39 is 0 Å². The molecule has 0 aromatic heterocycles. The largest absolute Gasteiger partial charge is 0.372 e. The van der Waals surface area contributed by atoms with E-state index in [-0.39, 0.29) is 16.4 Å². The van der Waals surface area contributed by atoms with Gasteiger partial charge in [-0.2, -0.15) is 0 Å². The maximum absolute atomic E-state index is 12.5. The standard InChI is InChI=1S/C22H28BrN3OS/c1-6-26(7-2)17-11-9-16(10-12-17)24-21(28)25-20(27)15-8-13-18(19(23)14-15)22(3,4)5/h8-14H,6-7H2,1-5H3,(H2,24,25,27,28). The van der Waals surface area contributed by atoms with Crippen LogP contribution in [0.2, 0.25) is 0 Å². The molecule has 28 heavy (non-hydrogen) atoms. The summed E-state index contributed by atoms with van der Waals surface area (Å²) in [5.41, 5.74) is 3.71. The fraction of sp³-hybridized carbons (Fsp3) is 0.364. The highest BCUT2D eigenvalue weighted by atomic mass is 79.9. The third kappa shape index (κ3) is 5.79. The summed E-state index contributed by atoms with van der Waals surface area (Å²) >= 11 is 8.86. The summed E-state index contributed by atoms with van der Waals surface area (Å²) in [4.78, 5) is 14.8. The lowest BCUT2D eigenvalue weighted by molar-refractivity contribution is 0.0977. The summed E-state index contributed by atoms with van der Waals surface area (Å²) in [5, 5.41) is 6.08. The first-order chi connectivity index (χ1) is 13.2. The highest BCUT2D eigenvalue weighted by Crippen LogP contribution is 2.30. The van der Waals surface area contributed by atoms with E-state index in [9.17, 15) is 4.79 Å². The number of amides is 1. The van der Waals surface area contributed by atoms with Crippen molar-refractivity contribution in [3.05, 3.63) is 58.1 Å². The van der Waals surface area contributed by atoms with Crippen molar-refractivity contribution in [1.29, 1.82) is 0 Å². The van der Waals surface area contributed by atoms with Crippen molar-refractivity contribution >= 4 is 50.5 Å². The van der Waals surface area contributed by atoms with Crippen LogP contribution in [0.25, 0.3) is 0 Å². The lowest BCUT2D eigenvalue weighted by atomic mass is 9.86. The smallest absolute Gasteiger partial charge is 0.257 e. The number of hydrogen-bond acceptors (Lipinski definition) is 3. The fourth-order valence-corrected chi connectivity index (χ4v) is 4.13. The predicted octanol–water partition coefficient (Wildman–Crippen LogP) is 5.72. The van der Waals surface area contributed by atoms with E-state index in [1.54, 1.807) is 0 Å². The number of nitrogens with one attached hydrogen (secondary N) is 2. The molecule has 6 heteroatoms. The van der Waals surface area contributed by atoms with Gasteiger partial charge < -0.3 is 10.2 Å². The van der Waals surface area contributed by atoms with Gasteiger partial charge in [-0.1, -0.05) is 42.8 Å². The minimum absolute atomic E-state index is 0.00197. The van der Waals surface area contributed by atoms with Crippen LogP contribution in [0.4, 0.5) is 11.4 Å². The maximum Gasteiger partial charge on any atom is 0.257 e. The predicted molar refractivity (Wildman–Crippen MR) is 127 cm³/mol. The molecule has 0 saturated carbocycles. The second kappa shape index (κ2) is 9.52. The molecule has 0 unspecified atom stereocenters. The molecule has 0 radical (unpaired) electrons. The van der Waals surface area contributed by atoms with E-state index >= 15 is 0 Å². The van der Waals surface area contributed by atoms with Gasteiger partial charge in [0.05, 0.1) is 0 Å². The van der Waals surface area contributed by atoms with Crippen LogP contribution in [-0.2, 0) is 5.41 Å². The highest BCUT2D eigenvalue weighted by molar-refractivity contribution is 9.10. The number of halogens is 1. The molecule has 0 spiro atoms. The minimum atomic E-state index is -0.238. The van der Waals surface area contributed by atoms with Crippen LogP contribution < -0.4 is 15.5 Å². The fourth-order valence-electron chi connectivity index (χ4n) is 2.95. The number of thiocarbonyl (C=S) groups is 1. The summed E-state index contributed by atoms with van der Waals surface area (Å²) in [5.74, 6) is -0.238. The van der Waals surface area contributed by atoms with Crippen LogP contribution in [0, 0.1) is 0 Å². The van der Waals surface area contributed by atoms with Gasteiger partial charge in [0.2, 0.25) is 0 Å². The minimum Gasteiger partial charge on any atom is -0.372 e. The van der Waals surface area contributed by atoms with E-state index in [4.69, 9.17) is 12.2 Å². The normalized spacial score (nSPS) is 11.1. The molecule has 0 heterocycles. The molecular formula is C22H28BrN3OS. The van der Waals surface area contributed by atoms with Crippen molar-refractivity contribution < 1.29 is 4.79 Å². The van der Waals surface area contributed by atoms with Crippen LogP contribution >= 0.6 is 28.1 Å². The Balaban J connectivity index is 2.01. The molecule has 0 bridgehead atoms. The maximum atomic E-state index is 12.5. The number of carbonyl (C=O) groups is 1. The van der Waals surface area contributed by atoms with Gasteiger partial charge in [0.25, 0.3) is 5.91 Å². The zero-order chi connectivity index (χ0) is 20.9. The molecule has 0 aliphatic rings. The van der Waals surface area contributed by atoms with E-state index in [0.29, 0.717) is 5.56 Å². The number of carbonyl (C=O) groups excluding carboxylic acids is 1. The van der Waals surface area contributed by atoms with E-state index in [1.807, 2.05) is 42.5 Å². The summed E-state index contributed by atoms with van der Waals surface area (Å²) in [6, 6.07) is 13.6. The molecule has 0 fully saturated rings. The molecule has 2 N–H and O–H groups in total. The summed E-state index contributed by atoms with van der Waals surface area (Å²) < 4.78 is 0.915. The topological polar surface area (TPSA) is 44.4 Å². The molecule has 0 aliphatic heterocycles. The van der Waals surface area contributed by atoms with Gasteiger partial charge in [0, 0.05) is 34.5 Å². The van der Waals surface area contributed by atoms with Crippen molar-refractivity contribution in [1.82, 2.24) is 5.32 Å². The monoisotopic (exact) mass is 461 g/mol. The van der Waals surface area contributed by atoms with Crippen LogP contribution in [-0.4, -0.2) is 24.1 Å². The van der Waals surface area contributed by atoms with Gasteiger partial charge in [-0.3, -0.25) is 10.1 Å². The zero-order valence-electron chi connectivity index (χ0n) is 17.1. The molecular weight excluding hydrogens is 434 g/mol. The van der Waals surface area contributed by atoms with Gasteiger partial charge >= 0.3 is 0 Å². The first-order valence-corrected chi connectivity index (χ1v) is 10.6. The van der Waals surface area contributed by atoms with E-state index in [0.717, 1.165) is 34.5 Å². The number of hydrogen-bond donors (Lipinski definition) is 2. The Bertz CT molecular complexity index is 840. The van der Waals surface area contributed by atoms with Crippen LogP contribution in [0.1, 0.15) is 50.5 Å². The Morgan fingerprint density at radius 3 is 2.18 bits per heavy atom. The lowest BCUT2D eigenvalue weighted by Crippen LogP contribution is -2.34. The van der Waals surface area contributed by atoms with Crippen molar-refractivity contribution in [2.24, 2.45) is 0 Å². The van der Waals surface area contributed by atoms with Gasteiger partial charge in [-0.25, -0.2) is 0 Å². The number of nitrogens with zero attached hydrogens (tertiary/aromatic N) is 1. The Morgan fingerprint density at radius 2 is 1.68 bits per heavy atom. The molecule has 4 nitrogen and oxygen atoms in total. The van der Waals surface area contributed by atoms with Crippen molar-refractivity contribution in [3.63, 3.8) is 0 Å². The first-order valence-electron chi connectivity index (χ1n) is 9.43. The van der Waals surface area contributed by atoms with E-state index in [1.165, 1.54) is 0 Å². The number of benzene rings is 2. The molecule has 0 atom stereocenters. The lowest BCUT2D eigenvalue weighted by Gasteiger charge is -2.21. The SMILES string of the molecule is CCN(CC)c1ccc(NC(=S)NC(=O)c2ccc(C(C)(C)C)c(Br)c2)cc1.